The monoisotopic (exact) mass is 296 g/mol. The number of piperidine rings is 1. The Kier molecular flexibility index (Phi) is 5.67. The molecule has 2 rings (SSSR count). The number of hydrogen-bond donors (Lipinski definition) is 1. The Balaban J connectivity index is 1.81. The number of nitrogens with one attached hydrogen (secondary N) is 1. The first-order valence-corrected chi connectivity index (χ1v) is 7.45. The van der Waals surface area contributed by atoms with Crippen LogP contribution in [0.25, 0.3) is 0 Å². The van der Waals surface area contributed by atoms with Gasteiger partial charge in [0.25, 0.3) is 0 Å². The lowest BCUT2D eigenvalue weighted by atomic mass is 9.93. The van der Waals surface area contributed by atoms with Crippen molar-refractivity contribution in [3.63, 3.8) is 0 Å². The molecule has 0 spiro atoms. The lowest BCUT2D eigenvalue weighted by Crippen LogP contribution is -2.30. The van der Waals surface area contributed by atoms with E-state index in [2.05, 4.69) is 5.32 Å². The minimum absolute atomic E-state index is 0.0113. The molecule has 21 heavy (non-hydrogen) atoms. The molecule has 0 atom stereocenters. The summed E-state index contributed by atoms with van der Waals surface area (Å²) in [4.78, 5) is 13.6. The molecule has 0 unspecified atom stereocenters. The van der Waals surface area contributed by atoms with Gasteiger partial charge in [0, 0.05) is 31.6 Å². The van der Waals surface area contributed by atoms with Gasteiger partial charge in [0.05, 0.1) is 0 Å². The van der Waals surface area contributed by atoms with Crippen LogP contribution in [-0.2, 0) is 11.3 Å². The molecule has 1 N–H and O–H groups in total. The van der Waals surface area contributed by atoms with Crippen molar-refractivity contribution >= 4 is 5.91 Å². The highest BCUT2D eigenvalue weighted by molar-refractivity contribution is 5.75. The van der Waals surface area contributed by atoms with Crippen molar-refractivity contribution in [1.29, 1.82) is 0 Å². The quantitative estimate of drug-likeness (QED) is 0.906. The van der Waals surface area contributed by atoms with Crippen LogP contribution in [0.1, 0.15) is 31.2 Å². The number of carbonyl (C=O) groups is 1. The molecule has 1 aromatic carbocycles. The van der Waals surface area contributed by atoms with Crippen LogP contribution < -0.4 is 5.32 Å². The third-order valence-corrected chi connectivity index (χ3v) is 4.07. The Labute approximate surface area is 124 Å². The Hall–Kier alpha value is -1.49. The lowest BCUT2D eigenvalue weighted by Gasteiger charge is -2.23. The standard InChI is InChI=1S/C16H22F2N2O/c1-20(11-13-3-4-14(17)10-15(13)18)16(21)5-2-12-6-8-19-9-7-12/h3-4,10,12,19H,2,5-9,11H2,1H3. The largest absolute Gasteiger partial charge is 0.341 e. The molecule has 1 aromatic rings. The normalized spacial score (nSPS) is 16.0. The van der Waals surface area contributed by atoms with Crippen LogP contribution in [0.4, 0.5) is 8.78 Å². The van der Waals surface area contributed by atoms with Crippen LogP contribution >= 0.6 is 0 Å². The maximum atomic E-state index is 13.6. The van der Waals surface area contributed by atoms with Gasteiger partial charge in [-0.05, 0) is 44.3 Å². The van der Waals surface area contributed by atoms with Gasteiger partial charge in [-0.25, -0.2) is 8.78 Å². The third-order valence-electron chi connectivity index (χ3n) is 4.07. The summed E-state index contributed by atoms with van der Waals surface area (Å²) < 4.78 is 26.4. The van der Waals surface area contributed by atoms with Crippen LogP contribution in [0.15, 0.2) is 18.2 Å². The number of benzene rings is 1. The van der Waals surface area contributed by atoms with Crippen molar-refractivity contribution in [3.8, 4) is 0 Å². The van der Waals surface area contributed by atoms with E-state index in [0.29, 0.717) is 17.9 Å². The van der Waals surface area contributed by atoms with Crippen LogP contribution in [0.3, 0.4) is 0 Å². The van der Waals surface area contributed by atoms with Crippen molar-refractivity contribution in [3.05, 3.63) is 35.4 Å². The predicted molar refractivity (Wildman–Crippen MR) is 77.7 cm³/mol. The van der Waals surface area contributed by atoms with E-state index in [0.717, 1.165) is 38.4 Å². The maximum absolute atomic E-state index is 13.6. The highest BCUT2D eigenvalue weighted by Crippen LogP contribution is 2.19. The minimum atomic E-state index is -0.604. The molecular formula is C16H22F2N2O. The first kappa shape index (κ1) is 15.9. The Morgan fingerprint density at radius 2 is 2.05 bits per heavy atom. The fourth-order valence-corrected chi connectivity index (χ4v) is 2.68. The van der Waals surface area contributed by atoms with E-state index in [4.69, 9.17) is 0 Å². The van der Waals surface area contributed by atoms with Gasteiger partial charge in [-0.15, -0.1) is 0 Å². The molecule has 3 nitrogen and oxygen atoms in total. The first-order valence-electron chi connectivity index (χ1n) is 7.45. The second kappa shape index (κ2) is 7.50. The van der Waals surface area contributed by atoms with Gasteiger partial charge in [-0.2, -0.15) is 0 Å². The zero-order chi connectivity index (χ0) is 15.2. The van der Waals surface area contributed by atoms with Gasteiger partial charge < -0.3 is 10.2 Å². The van der Waals surface area contributed by atoms with E-state index in [-0.39, 0.29) is 12.5 Å². The molecule has 0 aliphatic carbocycles. The summed E-state index contributed by atoms with van der Waals surface area (Å²) in [6, 6.07) is 3.45. The van der Waals surface area contributed by atoms with E-state index < -0.39 is 11.6 Å². The second-order valence-electron chi connectivity index (χ2n) is 5.72. The maximum Gasteiger partial charge on any atom is 0.222 e. The van der Waals surface area contributed by atoms with Crippen molar-refractivity contribution in [2.45, 2.75) is 32.2 Å². The Bertz CT molecular complexity index is 487. The zero-order valence-electron chi connectivity index (χ0n) is 12.4. The van der Waals surface area contributed by atoms with Crippen LogP contribution in [0.5, 0.6) is 0 Å². The zero-order valence-corrected chi connectivity index (χ0v) is 12.4. The molecule has 1 amide bonds. The molecule has 116 valence electrons. The summed E-state index contributed by atoms with van der Waals surface area (Å²) in [5, 5.41) is 3.30. The Morgan fingerprint density at radius 3 is 2.71 bits per heavy atom. The summed E-state index contributed by atoms with van der Waals surface area (Å²) in [5.74, 6) is -0.590. The van der Waals surface area contributed by atoms with Crippen molar-refractivity contribution < 1.29 is 13.6 Å². The summed E-state index contributed by atoms with van der Waals surface area (Å²) in [7, 11) is 1.66. The van der Waals surface area contributed by atoms with Gasteiger partial charge >= 0.3 is 0 Å². The van der Waals surface area contributed by atoms with E-state index in [1.165, 1.54) is 17.0 Å². The van der Waals surface area contributed by atoms with E-state index >= 15 is 0 Å². The van der Waals surface area contributed by atoms with E-state index in [1.54, 1.807) is 7.05 Å². The van der Waals surface area contributed by atoms with Crippen LogP contribution in [0.2, 0.25) is 0 Å². The highest BCUT2D eigenvalue weighted by Gasteiger charge is 2.17. The van der Waals surface area contributed by atoms with Gasteiger partial charge in [0.15, 0.2) is 0 Å². The topological polar surface area (TPSA) is 32.3 Å². The summed E-state index contributed by atoms with van der Waals surface area (Å²) in [6.45, 7) is 2.22. The summed E-state index contributed by atoms with van der Waals surface area (Å²) in [6.07, 6.45) is 3.61. The first-order chi connectivity index (χ1) is 10.1. The van der Waals surface area contributed by atoms with E-state index in [9.17, 15) is 13.6 Å². The minimum Gasteiger partial charge on any atom is -0.341 e. The highest BCUT2D eigenvalue weighted by atomic mass is 19.1. The number of halogens is 2. The number of rotatable bonds is 5. The van der Waals surface area contributed by atoms with Crippen molar-refractivity contribution in [1.82, 2.24) is 10.2 Å². The lowest BCUT2D eigenvalue weighted by molar-refractivity contribution is -0.130. The molecule has 1 heterocycles. The SMILES string of the molecule is CN(Cc1ccc(F)cc1F)C(=O)CCC1CCNCC1. The van der Waals surface area contributed by atoms with Crippen molar-refractivity contribution in [2.24, 2.45) is 5.92 Å². The predicted octanol–water partition coefficient (Wildman–Crippen LogP) is 2.70. The fraction of sp³-hybridized carbons (Fsp3) is 0.562. The van der Waals surface area contributed by atoms with Crippen LogP contribution in [0, 0.1) is 17.6 Å². The molecule has 0 radical (unpaired) electrons. The molecule has 0 bridgehead atoms. The number of nitrogens with zero attached hydrogens (tertiary/aromatic N) is 1. The number of carbonyl (C=O) groups excluding carboxylic acids is 1. The average molecular weight is 296 g/mol. The molecule has 0 aromatic heterocycles. The number of amides is 1. The fourth-order valence-electron chi connectivity index (χ4n) is 2.68. The van der Waals surface area contributed by atoms with Gasteiger partial charge in [-0.3, -0.25) is 4.79 Å². The number of hydrogen-bond acceptors (Lipinski definition) is 2. The van der Waals surface area contributed by atoms with Gasteiger partial charge in [0.2, 0.25) is 5.91 Å². The summed E-state index contributed by atoms with van der Waals surface area (Å²) in [5.41, 5.74) is 0.342. The average Bonchev–Trinajstić information content (AvgIpc) is 2.48. The smallest absolute Gasteiger partial charge is 0.222 e. The van der Waals surface area contributed by atoms with Gasteiger partial charge in [0.1, 0.15) is 11.6 Å². The molecule has 5 heteroatoms. The van der Waals surface area contributed by atoms with Crippen molar-refractivity contribution in [2.75, 3.05) is 20.1 Å². The third kappa shape index (κ3) is 4.77. The summed E-state index contributed by atoms with van der Waals surface area (Å²) >= 11 is 0. The van der Waals surface area contributed by atoms with Gasteiger partial charge in [-0.1, -0.05) is 6.07 Å². The molecule has 1 saturated heterocycles. The Morgan fingerprint density at radius 1 is 1.33 bits per heavy atom. The molecule has 1 fully saturated rings. The molecule has 1 aliphatic heterocycles. The molecular weight excluding hydrogens is 274 g/mol. The molecule has 1 aliphatic rings. The van der Waals surface area contributed by atoms with Crippen LogP contribution in [-0.4, -0.2) is 30.9 Å². The second-order valence-corrected chi connectivity index (χ2v) is 5.72. The van der Waals surface area contributed by atoms with E-state index in [1.807, 2.05) is 0 Å². The molecule has 0 saturated carbocycles.